The first-order valence-corrected chi connectivity index (χ1v) is 10.5. The molecule has 0 radical (unpaired) electrons. The highest BCUT2D eigenvalue weighted by Crippen LogP contribution is 2.39. The van der Waals surface area contributed by atoms with Crippen LogP contribution in [-0.4, -0.2) is 19.3 Å². The van der Waals surface area contributed by atoms with Crippen molar-refractivity contribution in [2.24, 2.45) is 11.8 Å². The van der Waals surface area contributed by atoms with Crippen LogP contribution in [0.5, 0.6) is 5.75 Å². The van der Waals surface area contributed by atoms with Crippen LogP contribution >= 0.6 is 11.6 Å². The Morgan fingerprint density at radius 3 is 2.81 bits per heavy atom. The Morgan fingerprint density at radius 1 is 1.33 bits per heavy atom. The quantitative estimate of drug-likeness (QED) is 0.474. The van der Waals surface area contributed by atoms with E-state index in [4.69, 9.17) is 21.1 Å². The Labute approximate surface area is 167 Å². The molecule has 0 N–H and O–H groups in total. The van der Waals surface area contributed by atoms with E-state index in [1.807, 2.05) is 13.0 Å². The Kier molecular flexibility index (Phi) is 7.37. The molecule has 1 aliphatic carbocycles. The number of ether oxygens (including phenoxy) is 2. The molecule has 0 spiro atoms. The van der Waals surface area contributed by atoms with Crippen LogP contribution < -0.4 is 4.74 Å². The molecule has 0 saturated carbocycles. The molecule has 2 nitrogen and oxygen atoms in total. The Bertz CT molecular complexity index is 677. The SMILES string of the molecule is C=CCCC1CCC(C2CC=C(c3ccc(OCC)c(Cl)c3F)CC2)OC1. The van der Waals surface area contributed by atoms with E-state index in [2.05, 4.69) is 12.7 Å². The van der Waals surface area contributed by atoms with Crippen LogP contribution in [0.2, 0.25) is 5.02 Å². The molecule has 27 heavy (non-hydrogen) atoms. The summed E-state index contributed by atoms with van der Waals surface area (Å²) >= 11 is 6.14. The minimum atomic E-state index is -0.369. The van der Waals surface area contributed by atoms with E-state index in [0.29, 0.717) is 35.9 Å². The number of hydrogen-bond acceptors (Lipinski definition) is 2. The lowest BCUT2D eigenvalue weighted by Gasteiger charge is -2.35. The minimum absolute atomic E-state index is 0.0820. The van der Waals surface area contributed by atoms with Gasteiger partial charge in [0.1, 0.15) is 10.8 Å². The van der Waals surface area contributed by atoms with Crippen molar-refractivity contribution in [2.45, 2.75) is 58.0 Å². The molecule has 4 heteroatoms. The molecule has 2 aliphatic rings. The highest BCUT2D eigenvalue weighted by atomic mass is 35.5. The zero-order valence-electron chi connectivity index (χ0n) is 16.2. The third-order valence-corrected chi connectivity index (χ3v) is 6.21. The van der Waals surface area contributed by atoms with Gasteiger partial charge in [-0.25, -0.2) is 4.39 Å². The molecule has 3 unspecified atom stereocenters. The summed E-state index contributed by atoms with van der Waals surface area (Å²) in [6.07, 6.45) is 12.0. The second-order valence-corrected chi connectivity index (χ2v) is 8.00. The van der Waals surface area contributed by atoms with Crippen LogP contribution in [0.25, 0.3) is 5.57 Å². The average Bonchev–Trinajstić information content (AvgIpc) is 2.71. The number of rotatable bonds is 7. The molecule has 3 atom stereocenters. The molecule has 1 saturated heterocycles. The van der Waals surface area contributed by atoms with Gasteiger partial charge in [0.2, 0.25) is 0 Å². The molecule has 1 fully saturated rings. The van der Waals surface area contributed by atoms with Gasteiger partial charge >= 0.3 is 0 Å². The fraction of sp³-hybridized carbons (Fsp3) is 0.565. The molecule has 148 valence electrons. The highest BCUT2D eigenvalue weighted by Gasteiger charge is 2.30. The van der Waals surface area contributed by atoms with Gasteiger partial charge in [0.05, 0.1) is 12.7 Å². The normalized spacial score (nSPS) is 25.7. The monoisotopic (exact) mass is 392 g/mol. The van der Waals surface area contributed by atoms with Crippen LogP contribution in [0.3, 0.4) is 0 Å². The van der Waals surface area contributed by atoms with Gasteiger partial charge in [-0.1, -0.05) is 23.8 Å². The van der Waals surface area contributed by atoms with E-state index in [0.717, 1.165) is 44.3 Å². The van der Waals surface area contributed by atoms with E-state index in [1.54, 1.807) is 12.1 Å². The lowest BCUT2D eigenvalue weighted by Crippen LogP contribution is -2.32. The molecule has 1 aliphatic heterocycles. The van der Waals surface area contributed by atoms with Gasteiger partial charge in [0, 0.05) is 12.2 Å². The first-order valence-electron chi connectivity index (χ1n) is 10.2. The number of allylic oxidation sites excluding steroid dienone is 3. The minimum Gasteiger partial charge on any atom is -0.492 e. The molecule has 1 heterocycles. The van der Waals surface area contributed by atoms with Crippen LogP contribution in [0.1, 0.15) is 57.4 Å². The van der Waals surface area contributed by atoms with Crippen molar-refractivity contribution in [1.29, 1.82) is 0 Å². The van der Waals surface area contributed by atoms with Crippen molar-refractivity contribution < 1.29 is 13.9 Å². The maximum Gasteiger partial charge on any atom is 0.153 e. The second-order valence-electron chi connectivity index (χ2n) is 7.62. The molecule has 1 aromatic carbocycles. The smallest absolute Gasteiger partial charge is 0.153 e. The maximum absolute atomic E-state index is 14.7. The molecule has 1 aromatic rings. The van der Waals surface area contributed by atoms with Crippen molar-refractivity contribution in [3.05, 3.63) is 47.3 Å². The summed E-state index contributed by atoms with van der Waals surface area (Å²) in [7, 11) is 0. The van der Waals surface area contributed by atoms with Crippen molar-refractivity contribution in [2.75, 3.05) is 13.2 Å². The molecule has 0 aromatic heterocycles. The summed E-state index contributed by atoms with van der Waals surface area (Å²) in [5.41, 5.74) is 1.66. The van der Waals surface area contributed by atoms with Crippen LogP contribution in [0, 0.1) is 17.7 Å². The largest absolute Gasteiger partial charge is 0.492 e. The van der Waals surface area contributed by atoms with Gasteiger partial charge in [-0.05, 0) is 81.4 Å². The summed E-state index contributed by atoms with van der Waals surface area (Å²) in [4.78, 5) is 0. The summed E-state index contributed by atoms with van der Waals surface area (Å²) < 4.78 is 26.2. The van der Waals surface area contributed by atoms with Crippen molar-refractivity contribution in [3.8, 4) is 5.75 Å². The van der Waals surface area contributed by atoms with Crippen molar-refractivity contribution in [1.82, 2.24) is 0 Å². The van der Waals surface area contributed by atoms with E-state index in [-0.39, 0.29) is 10.8 Å². The zero-order chi connectivity index (χ0) is 19.2. The summed E-state index contributed by atoms with van der Waals surface area (Å²) in [5, 5.41) is 0.0820. The van der Waals surface area contributed by atoms with E-state index < -0.39 is 0 Å². The fourth-order valence-corrected chi connectivity index (χ4v) is 4.48. The predicted octanol–water partition coefficient (Wildman–Crippen LogP) is 6.82. The highest BCUT2D eigenvalue weighted by molar-refractivity contribution is 6.32. The van der Waals surface area contributed by atoms with Gasteiger partial charge in [0.15, 0.2) is 5.82 Å². The van der Waals surface area contributed by atoms with Crippen LogP contribution in [0.4, 0.5) is 4.39 Å². The molecule has 0 amide bonds. The van der Waals surface area contributed by atoms with Crippen LogP contribution in [0.15, 0.2) is 30.9 Å². The molecule has 0 bridgehead atoms. The second kappa shape index (κ2) is 9.75. The van der Waals surface area contributed by atoms with E-state index in [9.17, 15) is 4.39 Å². The van der Waals surface area contributed by atoms with Gasteiger partial charge in [-0.2, -0.15) is 0 Å². The molecular formula is C23H30ClFO2. The number of hydrogen-bond donors (Lipinski definition) is 0. The van der Waals surface area contributed by atoms with Crippen LogP contribution in [-0.2, 0) is 4.74 Å². The Morgan fingerprint density at radius 2 is 2.19 bits per heavy atom. The first-order chi connectivity index (χ1) is 13.1. The maximum atomic E-state index is 14.7. The van der Waals surface area contributed by atoms with Gasteiger partial charge in [-0.15, -0.1) is 6.58 Å². The zero-order valence-corrected chi connectivity index (χ0v) is 16.9. The lowest BCUT2D eigenvalue weighted by atomic mass is 9.80. The Hall–Kier alpha value is -1.32. The number of halogens is 2. The van der Waals surface area contributed by atoms with Gasteiger partial charge in [-0.3, -0.25) is 0 Å². The van der Waals surface area contributed by atoms with Gasteiger partial charge < -0.3 is 9.47 Å². The first kappa shape index (κ1) is 20.4. The summed E-state index contributed by atoms with van der Waals surface area (Å²) in [5.74, 6) is 1.26. The third kappa shape index (κ3) is 4.94. The van der Waals surface area contributed by atoms with Crippen molar-refractivity contribution in [3.63, 3.8) is 0 Å². The predicted molar refractivity (Wildman–Crippen MR) is 110 cm³/mol. The summed E-state index contributed by atoms with van der Waals surface area (Å²) in [6, 6.07) is 3.56. The summed E-state index contributed by atoms with van der Waals surface area (Å²) in [6.45, 7) is 7.00. The fourth-order valence-electron chi connectivity index (χ4n) is 4.26. The molecular weight excluding hydrogens is 363 g/mol. The average molecular weight is 393 g/mol. The molecule has 3 rings (SSSR count). The standard InChI is InChI=1S/C23H30ClFO2/c1-3-5-6-16-7-13-20(27-15-16)18-10-8-17(9-11-18)19-12-14-21(26-4-2)22(24)23(19)25/h3,8,12,14,16,18,20H,1,4-7,9-11,13,15H2,2H3. The van der Waals surface area contributed by atoms with E-state index >= 15 is 0 Å². The third-order valence-electron chi connectivity index (χ3n) is 5.85. The van der Waals surface area contributed by atoms with Crippen molar-refractivity contribution >= 4 is 17.2 Å². The number of benzene rings is 1. The Balaban J connectivity index is 1.59. The lowest BCUT2D eigenvalue weighted by molar-refractivity contribution is -0.0501. The topological polar surface area (TPSA) is 18.5 Å². The van der Waals surface area contributed by atoms with Gasteiger partial charge in [0.25, 0.3) is 0 Å². The van der Waals surface area contributed by atoms with E-state index in [1.165, 1.54) is 12.8 Å².